The Bertz CT molecular complexity index is 262. The normalized spacial score (nSPS) is 19.8. The summed E-state index contributed by atoms with van der Waals surface area (Å²) in [5.74, 6) is 0. The molecule has 4 nitrogen and oxygen atoms in total. The quantitative estimate of drug-likeness (QED) is 0.613. The summed E-state index contributed by atoms with van der Waals surface area (Å²) in [4.78, 5) is 0. The number of alkyl halides is 1. The first-order chi connectivity index (χ1) is 5.64. The monoisotopic (exact) mass is 195 g/mol. The van der Waals surface area contributed by atoms with Crippen LogP contribution in [0.5, 0.6) is 0 Å². The number of hydroxylamine groups is 2. The molecule has 1 rings (SSSR count). The summed E-state index contributed by atoms with van der Waals surface area (Å²) in [6.07, 6.45) is 4.42. The van der Waals surface area contributed by atoms with Crippen molar-refractivity contribution < 1.29 is 17.1 Å². The maximum atomic E-state index is 11.8. The first-order valence-electron chi connectivity index (χ1n) is 3.52. The molecule has 0 saturated carbocycles. The maximum Gasteiger partial charge on any atom is 0.313 e. The number of nitrogens with zero attached hydrogens (tertiary/aromatic N) is 1. The van der Waals surface area contributed by atoms with E-state index in [9.17, 15) is 12.8 Å². The molecular weight excluding hydrogens is 185 g/mol. The second kappa shape index (κ2) is 3.97. The molecule has 1 aliphatic rings. The van der Waals surface area contributed by atoms with Gasteiger partial charge < -0.3 is 0 Å². The lowest BCUT2D eigenvalue weighted by Crippen LogP contribution is -2.30. The molecule has 0 aromatic rings. The van der Waals surface area contributed by atoms with Crippen molar-refractivity contribution in [3.05, 3.63) is 12.2 Å². The molecule has 0 aromatic heterocycles. The van der Waals surface area contributed by atoms with Gasteiger partial charge in [-0.25, -0.2) is 4.39 Å². The first-order valence-corrected chi connectivity index (χ1v) is 5.10. The standard InChI is InChI=1S/C6H10FNO3S/c7-6-12(9,10)11-8-4-2-1-3-5-8/h1-2H,3-6H2. The molecule has 1 heterocycles. The van der Waals surface area contributed by atoms with Gasteiger partial charge in [-0.3, -0.25) is 0 Å². The average molecular weight is 195 g/mol. The van der Waals surface area contributed by atoms with E-state index < -0.39 is 16.1 Å². The van der Waals surface area contributed by atoms with Crippen LogP contribution in [-0.4, -0.2) is 32.6 Å². The lowest BCUT2D eigenvalue weighted by atomic mass is 10.3. The van der Waals surface area contributed by atoms with Crippen molar-refractivity contribution >= 4 is 10.1 Å². The molecule has 0 aliphatic carbocycles. The fourth-order valence-corrected chi connectivity index (χ4v) is 1.36. The van der Waals surface area contributed by atoms with Crippen LogP contribution in [-0.2, 0) is 14.4 Å². The predicted octanol–water partition coefficient (Wildman–Crippen LogP) is 0.437. The van der Waals surface area contributed by atoms with Crippen molar-refractivity contribution in [1.82, 2.24) is 5.06 Å². The van der Waals surface area contributed by atoms with Gasteiger partial charge in [-0.05, 0) is 6.42 Å². The Kier molecular flexibility index (Phi) is 3.19. The lowest BCUT2D eigenvalue weighted by Gasteiger charge is -2.20. The minimum Gasteiger partial charge on any atom is -0.231 e. The van der Waals surface area contributed by atoms with Gasteiger partial charge in [0.15, 0.2) is 0 Å². The molecule has 0 aromatic carbocycles. The van der Waals surface area contributed by atoms with Crippen LogP contribution < -0.4 is 0 Å². The van der Waals surface area contributed by atoms with Crippen molar-refractivity contribution in [3.8, 4) is 0 Å². The van der Waals surface area contributed by atoms with E-state index in [1.807, 2.05) is 6.08 Å². The van der Waals surface area contributed by atoms with Crippen molar-refractivity contribution in [3.63, 3.8) is 0 Å². The van der Waals surface area contributed by atoms with Crippen LogP contribution in [0.15, 0.2) is 12.2 Å². The molecule has 0 atom stereocenters. The van der Waals surface area contributed by atoms with E-state index in [2.05, 4.69) is 4.28 Å². The van der Waals surface area contributed by atoms with Gasteiger partial charge in [0.2, 0.25) is 6.01 Å². The van der Waals surface area contributed by atoms with E-state index in [1.54, 1.807) is 6.08 Å². The van der Waals surface area contributed by atoms with Gasteiger partial charge in [0.25, 0.3) is 0 Å². The summed E-state index contributed by atoms with van der Waals surface area (Å²) in [7, 11) is -3.99. The van der Waals surface area contributed by atoms with E-state index in [0.717, 1.165) is 6.42 Å². The van der Waals surface area contributed by atoms with Gasteiger partial charge in [-0.2, -0.15) is 17.8 Å². The van der Waals surface area contributed by atoms with Crippen LogP contribution in [0.25, 0.3) is 0 Å². The fraction of sp³-hybridized carbons (Fsp3) is 0.667. The van der Waals surface area contributed by atoms with Crippen LogP contribution in [0.1, 0.15) is 6.42 Å². The zero-order valence-electron chi connectivity index (χ0n) is 6.44. The predicted molar refractivity (Wildman–Crippen MR) is 41.3 cm³/mol. The van der Waals surface area contributed by atoms with Crippen LogP contribution in [0.4, 0.5) is 4.39 Å². The summed E-state index contributed by atoms with van der Waals surface area (Å²) < 4.78 is 37.4. The Morgan fingerprint density at radius 1 is 1.50 bits per heavy atom. The zero-order chi connectivity index (χ0) is 9.03. The third kappa shape index (κ3) is 2.88. The van der Waals surface area contributed by atoms with Crippen molar-refractivity contribution in [2.24, 2.45) is 0 Å². The highest BCUT2D eigenvalue weighted by Gasteiger charge is 2.17. The highest BCUT2D eigenvalue weighted by atomic mass is 32.2. The van der Waals surface area contributed by atoms with Gasteiger partial charge >= 0.3 is 10.1 Å². The van der Waals surface area contributed by atoms with E-state index in [1.165, 1.54) is 5.06 Å². The third-order valence-corrected chi connectivity index (χ3v) is 2.08. The molecule has 0 amide bonds. The number of hydrogen-bond donors (Lipinski definition) is 0. The van der Waals surface area contributed by atoms with Crippen molar-refractivity contribution in [2.75, 3.05) is 19.1 Å². The molecule has 0 saturated heterocycles. The number of halogens is 1. The van der Waals surface area contributed by atoms with E-state index in [0.29, 0.717) is 13.1 Å². The zero-order valence-corrected chi connectivity index (χ0v) is 7.26. The number of hydrogen-bond acceptors (Lipinski definition) is 4. The van der Waals surface area contributed by atoms with Crippen LogP contribution in [0, 0.1) is 0 Å². The SMILES string of the molecule is O=S(=O)(CF)ON1CC=CCC1. The van der Waals surface area contributed by atoms with Crippen LogP contribution >= 0.6 is 0 Å². The summed E-state index contributed by atoms with van der Waals surface area (Å²) in [6.45, 7) is 0.870. The molecule has 12 heavy (non-hydrogen) atoms. The third-order valence-electron chi connectivity index (χ3n) is 1.37. The average Bonchev–Trinajstić information content (AvgIpc) is 2.06. The van der Waals surface area contributed by atoms with Gasteiger partial charge in [0.1, 0.15) is 0 Å². The Balaban J connectivity index is 2.46. The molecule has 0 fully saturated rings. The fourth-order valence-electron chi connectivity index (χ4n) is 0.868. The Labute approximate surface area is 70.7 Å². The molecular formula is C6H10FNO3S. The molecule has 0 unspecified atom stereocenters. The highest BCUT2D eigenvalue weighted by Crippen LogP contribution is 2.05. The smallest absolute Gasteiger partial charge is 0.231 e. The highest BCUT2D eigenvalue weighted by molar-refractivity contribution is 7.86. The second-order valence-electron chi connectivity index (χ2n) is 2.39. The van der Waals surface area contributed by atoms with Crippen LogP contribution in [0.2, 0.25) is 0 Å². The van der Waals surface area contributed by atoms with Gasteiger partial charge in [-0.15, -0.1) is 0 Å². The van der Waals surface area contributed by atoms with Crippen molar-refractivity contribution in [2.45, 2.75) is 6.42 Å². The molecule has 0 bridgehead atoms. The Morgan fingerprint density at radius 2 is 2.25 bits per heavy atom. The molecule has 1 aliphatic heterocycles. The molecule has 0 N–H and O–H groups in total. The first kappa shape index (κ1) is 9.63. The molecule has 0 spiro atoms. The number of rotatable bonds is 3. The lowest BCUT2D eigenvalue weighted by molar-refractivity contribution is -0.0430. The van der Waals surface area contributed by atoms with E-state index in [4.69, 9.17) is 0 Å². The van der Waals surface area contributed by atoms with Gasteiger partial charge in [0.05, 0.1) is 0 Å². The summed E-state index contributed by atoms with van der Waals surface area (Å²) in [6, 6.07) is -1.48. The Hall–Kier alpha value is -0.460. The Morgan fingerprint density at radius 3 is 2.75 bits per heavy atom. The minimum absolute atomic E-state index is 0.388. The van der Waals surface area contributed by atoms with E-state index in [-0.39, 0.29) is 0 Å². The maximum absolute atomic E-state index is 11.8. The molecule has 6 heteroatoms. The van der Waals surface area contributed by atoms with Gasteiger partial charge in [-0.1, -0.05) is 12.2 Å². The second-order valence-corrected chi connectivity index (χ2v) is 3.87. The summed E-state index contributed by atoms with van der Waals surface area (Å²) in [5, 5.41) is 1.22. The minimum atomic E-state index is -3.99. The molecule has 70 valence electrons. The topological polar surface area (TPSA) is 46.6 Å². The summed E-state index contributed by atoms with van der Waals surface area (Å²) >= 11 is 0. The summed E-state index contributed by atoms with van der Waals surface area (Å²) in [5.41, 5.74) is 0. The van der Waals surface area contributed by atoms with Crippen molar-refractivity contribution in [1.29, 1.82) is 0 Å². The van der Waals surface area contributed by atoms with E-state index >= 15 is 0 Å². The largest absolute Gasteiger partial charge is 0.313 e. The van der Waals surface area contributed by atoms with Gasteiger partial charge in [0, 0.05) is 13.1 Å². The molecule has 0 radical (unpaired) electrons. The van der Waals surface area contributed by atoms with Crippen LogP contribution in [0.3, 0.4) is 0 Å².